The van der Waals surface area contributed by atoms with Crippen LogP contribution in [0.4, 0.5) is 5.82 Å². The van der Waals surface area contributed by atoms with E-state index in [-0.39, 0.29) is 5.91 Å². The van der Waals surface area contributed by atoms with E-state index in [2.05, 4.69) is 26.2 Å². The molecule has 1 aromatic carbocycles. The van der Waals surface area contributed by atoms with Gasteiger partial charge in [0.15, 0.2) is 0 Å². The first kappa shape index (κ1) is 13.7. The molecule has 98 valence electrons. The molecule has 2 rings (SSSR count). The third-order valence-electron chi connectivity index (χ3n) is 2.93. The van der Waals surface area contributed by atoms with Crippen molar-refractivity contribution in [2.45, 2.75) is 20.8 Å². The number of hydrogen-bond donors (Lipinski definition) is 1. The quantitative estimate of drug-likeness (QED) is 0.908. The average Bonchev–Trinajstić information content (AvgIpc) is 2.36. The van der Waals surface area contributed by atoms with Crippen molar-refractivity contribution in [2.75, 3.05) is 5.32 Å². The molecule has 0 atom stereocenters. The number of pyridine rings is 1. The zero-order valence-electron chi connectivity index (χ0n) is 11.1. The van der Waals surface area contributed by atoms with Crippen molar-refractivity contribution in [3.63, 3.8) is 0 Å². The molecule has 0 aliphatic rings. The summed E-state index contributed by atoms with van der Waals surface area (Å²) < 4.78 is 0.928. The highest BCUT2D eigenvalue weighted by Crippen LogP contribution is 2.18. The fraction of sp³-hybridized carbons (Fsp3) is 0.200. The van der Waals surface area contributed by atoms with Crippen molar-refractivity contribution < 1.29 is 4.79 Å². The summed E-state index contributed by atoms with van der Waals surface area (Å²) in [6, 6.07) is 7.67. The average molecular weight is 319 g/mol. The molecule has 2 aromatic rings. The first-order valence-corrected chi connectivity index (χ1v) is 6.77. The summed E-state index contributed by atoms with van der Waals surface area (Å²) in [5, 5.41) is 2.82. The molecule has 0 spiro atoms. The van der Waals surface area contributed by atoms with Crippen LogP contribution in [-0.4, -0.2) is 10.9 Å². The molecule has 1 heterocycles. The molecule has 1 aromatic heterocycles. The number of aromatic nitrogens is 1. The summed E-state index contributed by atoms with van der Waals surface area (Å²) in [4.78, 5) is 16.4. The van der Waals surface area contributed by atoms with Crippen LogP contribution in [0.25, 0.3) is 0 Å². The predicted octanol–water partition coefficient (Wildman–Crippen LogP) is 4.02. The Morgan fingerprint density at radius 2 is 1.89 bits per heavy atom. The van der Waals surface area contributed by atoms with E-state index in [1.165, 1.54) is 0 Å². The van der Waals surface area contributed by atoms with Crippen LogP contribution in [0.2, 0.25) is 0 Å². The van der Waals surface area contributed by atoms with Crippen LogP contribution >= 0.6 is 15.9 Å². The van der Waals surface area contributed by atoms with Gasteiger partial charge in [0.05, 0.1) is 0 Å². The lowest BCUT2D eigenvalue weighted by Crippen LogP contribution is -2.14. The van der Waals surface area contributed by atoms with E-state index >= 15 is 0 Å². The fourth-order valence-electron chi connectivity index (χ4n) is 1.77. The maximum absolute atomic E-state index is 12.2. The smallest absolute Gasteiger partial charge is 0.257 e. The summed E-state index contributed by atoms with van der Waals surface area (Å²) in [6.07, 6.45) is 1.69. The SMILES string of the molecule is Cc1ccc(C)c(C(=O)Nc2cc(C)c(Br)cn2)c1. The monoisotopic (exact) mass is 318 g/mol. The fourth-order valence-corrected chi connectivity index (χ4v) is 1.99. The third-order valence-corrected chi connectivity index (χ3v) is 3.76. The maximum Gasteiger partial charge on any atom is 0.257 e. The molecule has 0 aliphatic carbocycles. The van der Waals surface area contributed by atoms with Gasteiger partial charge in [0, 0.05) is 16.2 Å². The van der Waals surface area contributed by atoms with Crippen LogP contribution in [0.5, 0.6) is 0 Å². The Morgan fingerprint density at radius 3 is 2.58 bits per heavy atom. The van der Waals surface area contributed by atoms with Crippen LogP contribution in [-0.2, 0) is 0 Å². The first-order valence-electron chi connectivity index (χ1n) is 5.98. The Balaban J connectivity index is 2.25. The van der Waals surface area contributed by atoms with E-state index in [9.17, 15) is 4.79 Å². The van der Waals surface area contributed by atoms with Gasteiger partial charge in [0.1, 0.15) is 5.82 Å². The Morgan fingerprint density at radius 1 is 1.16 bits per heavy atom. The molecular weight excluding hydrogens is 304 g/mol. The van der Waals surface area contributed by atoms with E-state index in [1.807, 2.05) is 45.0 Å². The van der Waals surface area contributed by atoms with Gasteiger partial charge >= 0.3 is 0 Å². The second-order valence-corrected chi connectivity index (χ2v) is 5.45. The highest BCUT2D eigenvalue weighted by molar-refractivity contribution is 9.10. The molecule has 0 saturated carbocycles. The zero-order valence-corrected chi connectivity index (χ0v) is 12.7. The number of aryl methyl sites for hydroxylation is 3. The number of nitrogens with zero attached hydrogens (tertiary/aromatic N) is 1. The minimum atomic E-state index is -0.129. The minimum absolute atomic E-state index is 0.129. The van der Waals surface area contributed by atoms with Crippen LogP contribution in [0, 0.1) is 20.8 Å². The van der Waals surface area contributed by atoms with Crippen molar-refractivity contribution in [2.24, 2.45) is 0 Å². The lowest BCUT2D eigenvalue weighted by molar-refractivity contribution is 0.102. The number of benzene rings is 1. The maximum atomic E-state index is 12.2. The number of halogens is 1. The number of hydrogen-bond acceptors (Lipinski definition) is 2. The molecule has 19 heavy (non-hydrogen) atoms. The van der Waals surface area contributed by atoms with Gasteiger partial charge in [-0.1, -0.05) is 17.7 Å². The van der Waals surface area contributed by atoms with Gasteiger partial charge in [-0.2, -0.15) is 0 Å². The lowest BCUT2D eigenvalue weighted by atomic mass is 10.1. The molecule has 1 N–H and O–H groups in total. The van der Waals surface area contributed by atoms with Crippen LogP contribution in [0.15, 0.2) is 34.9 Å². The van der Waals surface area contributed by atoms with Gasteiger partial charge in [0.25, 0.3) is 5.91 Å². The summed E-state index contributed by atoms with van der Waals surface area (Å²) in [6.45, 7) is 5.85. The predicted molar refractivity (Wildman–Crippen MR) is 80.5 cm³/mol. The van der Waals surface area contributed by atoms with Gasteiger partial charge in [0.2, 0.25) is 0 Å². The molecule has 1 amide bonds. The minimum Gasteiger partial charge on any atom is -0.307 e. The second-order valence-electron chi connectivity index (χ2n) is 4.59. The lowest BCUT2D eigenvalue weighted by Gasteiger charge is -2.09. The normalized spacial score (nSPS) is 10.3. The molecule has 0 fully saturated rings. The molecule has 0 unspecified atom stereocenters. The van der Waals surface area contributed by atoms with Crippen molar-refractivity contribution >= 4 is 27.7 Å². The Kier molecular flexibility index (Phi) is 4.00. The van der Waals surface area contributed by atoms with Crippen molar-refractivity contribution in [3.8, 4) is 0 Å². The molecule has 4 heteroatoms. The summed E-state index contributed by atoms with van der Waals surface area (Å²) in [7, 11) is 0. The van der Waals surface area contributed by atoms with Crippen LogP contribution in [0.1, 0.15) is 27.0 Å². The number of amides is 1. The van der Waals surface area contributed by atoms with Crippen LogP contribution in [0.3, 0.4) is 0 Å². The third kappa shape index (κ3) is 3.20. The first-order chi connectivity index (χ1) is 8.97. The molecular formula is C15H15BrN2O. The van der Waals surface area contributed by atoms with Crippen molar-refractivity contribution in [1.29, 1.82) is 0 Å². The zero-order chi connectivity index (χ0) is 14.0. The van der Waals surface area contributed by atoms with Crippen molar-refractivity contribution in [3.05, 3.63) is 57.2 Å². The van der Waals surface area contributed by atoms with Gasteiger partial charge < -0.3 is 5.32 Å². The second kappa shape index (κ2) is 5.53. The van der Waals surface area contributed by atoms with Gasteiger partial charge in [-0.05, 0) is 60.0 Å². The van der Waals surface area contributed by atoms with E-state index in [0.717, 1.165) is 21.2 Å². The Hall–Kier alpha value is -1.68. The van der Waals surface area contributed by atoms with E-state index < -0.39 is 0 Å². The standard InChI is InChI=1S/C15H15BrN2O/c1-9-4-5-10(2)12(6-9)15(19)18-14-7-11(3)13(16)8-17-14/h4-8H,1-3H3,(H,17,18,19). The number of nitrogens with one attached hydrogen (secondary N) is 1. The molecule has 0 radical (unpaired) electrons. The summed E-state index contributed by atoms with van der Waals surface area (Å²) >= 11 is 3.39. The molecule has 3 nitrogen and oxygen atoms in total. The van der Waals surface area contributed by atoms with Gasteiger partial charge in [-0.15, -0.1) is 0 Å². The largest absolute Gasteiger partial charge is 0.307 e. The van der Waals surface area contributed by atoms with E-state index in [1.54, 1.807) is 6.20 Å². The van der Waals surface area contributed by atoms with Crippen molar-refractivity contribution in [1.82, 2.24) is 4.98 Å². The molecule has 0 bridgehead atoms. The topological polar surface area (TPSA) is 42.0 Å². The molecule has 0 saturated heterocycles. The number of anilines is 1. The summed E-state index contributed by atoms with van der Waals surface area (Å²) in [5.41, 5.74) is 3.74. The Bertz CT molecular complexity index is 638. The summed E-state index contributed by atoms with van der Waals surface area (Å²) in [5.74, 6) is 0.432. The highest BCUT2D eigenvalue weighted by Gasteiger charge is 2.10. The van der Waals surface area contributed by atoms with Crippen LogP contribution < -0.4 is 5.32 Å². The Labute approximate surface area is 121 Å². The highest BCUT2D eigenvalue weighted by atomic mass is 79.9. The number of carbonyl (C=O) groups excluding carboxylic acids is 1. The van der Waals surface area contributed by atoms with Gasteiger partial charge in [-0.3, -0.25) is 4.79 Å². The molecule has 0 aliphatic heterocycles. The number of rotatable bonds is 2. The van der Waals surface area contributed by atoms with E-state index in [4.69, 9.17) is 0 Å². The van der Waals surface area contributed by atoms with E-state index in [0.29, 0.717) is 11.4 Å². The number of carbonyl (C=O) groups is 1. The van der Waals surface area contributed by atoms with Gasteiger partial charge in [-0.25, -0.2) is 4.98 Å².